The van der Waals surface area contributed by atoms with Crippen LogP contribution in [0, 0.1) is 11.8 Å². The summed E-state index contributed by atoms with van der Waals surface area (Å²) < 4.78 is 43.4. The quantitative estimate of drug-likeness (QED) is 0.265. The summed E-state index contributed by atoms with van der Waals surface area (Å²) in [6.45, 7) is 0.907. The Hall–Kier alpha value is -4.26. The van der Waals surface area contributed by atoms with E-state index in [4.69, 9.17) is 0 Å². The van der Waals surface area contributed by atoms with Crippen molar-refractivity contribution in [3.8, 4) is 17.6 Å². The van der Waals surface area contributed by atoms with Gasteiger partial charge in [-0.15, -0.1) is 13.2 Å². The number of aromatic amines is 1. The Morgan fingerprint density at radius 3 is 2.47 bits per heavy atom. The van der Waals surface area contributed by atoms with Crippen molar-refractivity contribution in [1.29, 1.82) is 0 Å². The molecule has 3 aromatic carbocycles. The van der Waals surface area contributed by atoms with Gasteiger partial charge in [0.25, 0.3) is 5.91 Å². The number of ether oxygens (including phenoxy) is 1. The first-order chi connectivity index (χ1) is 18.1. The Morgan fingerprint density at radius 1 is 1.00 bits per heavy atom. The number of nitrogens with one attached hydrogen (secondary N) is 2. The maximum atomic E-state index is 13.3. The smallest absolute Gasteiger partial charge is 0.405 e. The fourth-order valence-corrected chi connectivity index (χ4v) is 4.10. The van der Waals surface area contributed by atoms with Crippen molar-refractivity contribution >= 4 is 16.8 Å². The van der Waals surface area contributed by atoms with Crippen molar-refractivity contribution in [1.82, 2.24) is 10.3 Å². The molecule has 1 amide bonds. The van der Waals surface area contributed by atoms with Gasteiger partial charge in [0.05, 0.1) is 24.3 Å². The van der Waals surface area contributed by atoms with Crippen LogP contribution in [0.3, 0.4) is 0 Å². The largest absolute Gasteiger partial charge is 0.573 e. The third kappa shape index (κ3) is 6.35. The average Bonchev–Trinajstić information content (AvgIpc) is 3.29. The van der Waals surface area contributed by atoms with Crippen LogP contribution < -0.4 is 10.1 Å². The molecule has 38 heavy (non-hydrogen) atoms. The number of aliphatic hydroxyl groups excluding tert-OH is 2. The number of carbonyl (C=O) groups excluding carboxylic acids is 1. The Kier molecular flexibility index (Phi) is 7.76. The molecule has 0 saturated carbocycles. The minimum Gasteiger partial charge on any atom is -0.405 e. The van der Waals surface area contributed by atoms with E-state index in [1.807, 2.05) is 24.3 Å². The second-order valence-electron chi connectivity index (χ2n) is 9.03. The van der Waals surface area contributed by atoms with E-state index in [9.17, 15) is 28.2 Å². The summed E-state index contributed by atoms with van der Waals surface area (Å²) in [6.07, 6.45) is -3.04. The van der Waals surface area contributed by atoms with Crippen molar-refractivity contribution in [3.05, 3.63) is 101 Å². The molecule has 1 unspecified atom stereocenters. The van der Waals surface area contributed by atoms with Crippen LogP contribution in [0.5, 0.6) is 5.75 Å². The number of H-pyrrole nitrogens is 1. The van der Waals surface area contributed by atoms with E-state index in [0.717, 1.165) is 22.5 Å². The van der Waals surface area contributed by atoms with Crippen LogP contribution >= 0.6 is 0 Å². The fourth-order valence-electron chi connectivity index (χ4n) is 4.10. The Balaban J connectivity index is 1.65. The zero-order valence-corrected chi connectivity index (χ0v) is 20.4. The lowest BCUT2D eigenvalue weighted by atomic mass is 9.92. The number of hydrogen-bond acceptors (Lipinski definition) is 4. The third-order valence-electron chi connectivity index (χ3n) is 6.00. The van der Waals surface area contributed by atoms with Crippen LogP contribution in [-0.2, 0) is 13.0 Å². The predicted molar refractivity (Wildman–Crippen MR) is 136 cm³/mol. The number of carbonyl (C=O) groups is 1. The number of benzene rings is 3. The van der Waals surface area contributed by atoms with E-state index < -0.39 is 30.2 Å². The average molecular weight is 523 g/mol. The molecule has 0 aliphatic heterocycles. The van der Waals surface area contributed by atoms with Gasteiger partial charge in [0, 0.05) is 28.2 Å². The van der Waals surface area contributed by atoms with Gasteiger partial charge in [-0.05, 0) is 54.8 Å². The maximum Gasteiger partial charge on any atom is 0.573 e. The maximum absolute atomic E-state index is 13.3. The Bertz CT molecular complexity index is 1520. The number of alkyl halides is 3. The number of fused-ring (bicyclic) bond motifs is 1. The molecule has 0 aliphatic carbocycles. The lowest BCUT2D eigenvalue weighted by Gasteiger charge is -2.29. The lowest BCUT2D eigenvalue weighted by Crippen LogP contribution is -2.50. The molecule has 1 heterocycles. The molecule has 9 heteroatoms. The molecule has 0 spiro atoms. The second kappa shape index (κ2) is 11.0. The van der Waals surface area contributed by atoms with Crippen LogP contribution in [0.2, 0.25) is 0 Å². The molecule has 6 nitrogen and oxygen atoms in total. The summed E-state index contributed by atoms with van der Waals surface area (Å²) in [5.74, 6) is 4.14. The van der Waals surface area contributed by atoms with Crippen molar-refractivity contribution in [2.75, 3.05) is 6.61 Å². The summed E-state index contributed by atoms with van der Waals surface area (Å²) in [7, 11) is 0. The third-order valence-corrected chi connectivity index (χ3v) is 6.00. The van der Waals surface area contributed by atoms with Gasteiger partial charge in [-0.25, -0.2) is 0 Å². The number of halogens is 3. The number of aromatic nitrogens is 1. The van der Waals surface area contributed by atoms with Gasteiger partial charge in [0.2, 0.25) is 0 Å². The minimum absolute atomic E-state index is 0.214. The molecule has 1 atom stereocenters. The van der Waals surface area contributed by atoms with E-state index in [0.29, 0.717) is 11.1 Å². The van der Waals surface area contributed by atoms with Crippen molar-refractivity contribution in [2.45, 2.75) is 31.9 Å². The van der Waals surface area contributed by atoms with Crippen LogP contribution in [0.4, 0.5) is 13.2 Å². The summed E-state index contributed by atoms with van der Waals surface area (Å²) in [4.78, 5) is 16.4. The molecule has 4 N–H and O–H groups in total. The van der Waals surface area contributed by atoms with E-state index in [-0.39, 0.29) is 24.2 Å². The first kappa shape index (κ1) is 26.8. The highest BCUT2D eigenvalue weighted by molar-refractivity contribution is 5.98. The van der Waals surface area contributed by atoms with Crippen LogP contribution in [0.15, 0.2) is 72.9 Å². The molecule has 1 aromatic heterocycles. The fraction of sp³-hybridized carbons (Fsp3) is 0.207. The highest BCUT2D eigenvalue weighted by Gasteiger charge is 2.34. The van der Waals surface area contributed by atoms with Crippen molar-refractivity contribution < 1.29 is 32.9 Å². The van der Waals surface area contributed by atoms with Gasteiger partial charge in [-0.3, -0.25) is 4.79 Å². The van der Waals surface area contributed by atoms with Gasteiger partial charge in [0.1, 0.15) is 5.75 Å². The van der Waals surface area contributed by atoms with Crippen LogP contribution in [-0.4, -0.2) is 39.6 Å². The summed E-state index contributed by atoms with van der Waals surface area (Å²) in [6, 6.07) is 17.9. The molecule has 0 aliphatic rings. The highest BCUT2D eigenvalue weighted by atomic mass is 19.4. The van der Waals surface area contributed by atoms with E-state index in [2.05, 4.69) is 26.9 Å². The molecule has 4 aromatic rings. The molecule has 4 rings (SSSR count). The van der Waals surface area contributed by atoms with Crippen LogP contribution in [0.25, 0.3) is 10.9 Å². The molecule has 0 saturated heterocycles. The molecular weight excluding hydrogens is 497 g/mol. The Morgan fingerprint density at radius 2 is 1.74 bits per heavy atom. The summed E-state index contributed by atoms with van der Waals surface area (Å²) >= 11 is 0. The van der Waals surface area contributed by atoms with Gasteiger partial charge in [-0.2, -0.15) is 0 Å². The Labute approximate surface area is 217 Å². The topological polar surface area (TPSA) is 94.6 Å². The first-order valence-electron chi connectivity index (χ1n) is 11.7. The number of aliphatic hydroxyl groups is 2. The standard InChI is InChI=1S/C29H25F3N2O4/c1-28(18-36,15-22-16-33-25-9-5-4-8-23(22)25)34-27(37)24-14-19(11-13-26(24)38-29(30,31)32)10-12-20-6-2-3-7-21(20)17-35/h2-9,11,13-14,16,33,35-36H,15,17-18H2,1H3,(H,34,37). The normalized spacial score (nSPS) is 12.9. The number of para-hydroxylation sites is 1. The van der Waals surface area contributed by atoms with E-state index >= 15 is 0 Å². The zero-order valence-electron chi connectivity index (χ0n) is 20.4. The summed E-state index contributed by atoms with van der Waals surface area (Å²) in [5.41, 5.74) is 1.52. The van der Waals surface area contributed by atoms with Gasteiger partial charge in [0.15, 0.2) is 0 Å². The number of rotatable bonds is 7. The van der Waals surface area contributed by atoms with E-state index in [1.54, 1.807) is 37.4 Å². The predicted octanol–water partition coefficient (Wildman–Crippen LogP) is 4.68. The molecular formula is C29H25F3N2O4. The summed E-state index contributed by atoms with van der Waals surface area (Å²) in [5, 5.41) is 23.2. The van der Waals surface area contributed by atoms with Crippen molar-refractivity contribution in [2.24, 2.45) is 0 Å². The number of amides is 1. The van der Waals surface area contributed by atoms with Crippen molar-refractivity contribution in [3.63, 3.8) is 0 Å². The SMILES string of the molecule is CC(CO)(Cc1c[nH]c2ccccc12)NC(=O)c1cc(C#Cc2ccccc2CO)ccc1OC(F)(F)F. The zero-order chi connectivity index (χ0) is 27.3. The second-order valence-corrected chi connectivity index (χ2v) is 9.03. The highest BCUT2D eigenvalue weighted by Crippen LogP contribution is 2.29. The molecule has 0 radical (unpaired) electrons. The molecule has 0 bridgehead atoms. The van der Waals surface area contributed by atoms with Gasteiger partial charge in [-0.1, -0.05) is 48.2 Å². The molecule has 196 valence electrons. The monoisotopic (exact) mass is 522 g/mol. The van der Waals surface area contributed by atoms with E-state index in [1.165, 1.54) is 12.1 Å². The van der Waals surface area contributed by atoms with Gasteiger partial charge >= 0.3 is 6.36 Å². The molecule has 0 fully saturated rings. The van der Waals surface area contributed by atoms with Gasteiger partial charge < -0.3 is 25.3 Å². The minimum atomic E-state index is -5.02. The van der Waals surface area contributed by atoms with Crippen LogP contribution in [0.1, 0.15) is 39.5 Å². The lowest BCUT2D eigenvalue weighted by molar-refractivity contribution is -0.274. The first-order valence-corrected chi connectivity index (χ1v) is 11.7. The number of hydrogen-bond donors (Lipinski definition) is 4.